The number of carbonyl (C=O) groups excluding carboxylic acids is 1. The molecule has 2 rings (SSSR count). The van der Waals surface area contributed by atoms with Crippen LogP contribution in [-0.2, 0) is 6.42 Å². The molecule has 0 fully saturated rings. The highest BCUT2D eigenvalue weighted by Crippen LogP contribution is 2.18. The molecule has 0 radical (unpaired) electrons. The molecule has 24 heavy (non-hydrogen) atoms. The van der Waals surface area contributed by atoms with E-state index in [2.05, 4.69) is 10.6 Å². The first-order valence-corrected chi connectivity index (χ1v) is 8.49. The van der Waals surface area contributed by atoms with Gasteiger partial charge < -0.3 is 15.7 Å². The molecule has 2 aromatic rings. The fraction of sp³-hybridized carbons (Fsp3) is 0.316. The van der Waals surface area contributed by atoms with Gasteiger partial charge in [-0.1, -0.05) is 54.1 Å². The zero-order chi connectivity index (χ0) is 17.2. The van der Waals surface area contributed by atoms with Crippen LogP contribution in [0.1, 0.15) is 23.5 Å². The van der Waals surface area contributed by atoms with Crippen molar-refractivity contribution in [3.63, 3.8) is 0 Å². The van der Waals surface area contributed by atoms with E-state index >= 15 is 0 Å². The van der Waals surface area contributed by atoms with Crippen LogP contribution in [0.15, 0.2) is 54.6 Å². The molecule has 0 saturated carbocycles. The molecular weight excluding hydrogens is 324 g/mol. The molecular formula is C19H23ClN2O2. The van der Waals surface area contributed by atoms with Crippen LogP contribution in [0.4, 0.5) is 4.79 Å². The lowest BCUT2D eigenvalue weighted by Gasteiger charge is -2.17. The summed E-state index contributed by atoms with van der Waals surface area (Å²) in [5.74, 6) is 0.106. The van der Waals surface area contributed by atoms with E-state index < -0.39 is 0 Å². The van der Waals surface area contributed by atoms with E-state index in [0.29, 0.717) is 24.5 Å². The molecule has 2 aromatic carbocycles. The number of hydrogen-bond donors (Lipinski definition) is 3. The Balaban J connectivity index is 1.75. The molecule has 1 unspecified atom stereocenters. The van der Waals surface area contributed by atoms with Gasteiger partial charge in [0.15, 0.2) is 0 Å². The van der Waals surface area contributed by atoms with Crippen LogP contribution in [0.5, 0.6) is 0 Å². The number of carbonyl (C=O) groups is 1. The average molecular weight is 347 g/mol. The molecule has 4 nitrogen and oxygen atoms in total. The number of benzene rings is 2. The number of urea groups is 1. The smallest absolute Gasteiger partial charge is 0.314 e. The van der Waals surface area contributed by atoms with Gasteiger partial charge in [0.05, 0.1) is 0 Å². The van der Waals surface area contributed by atoms with E-state index in [0.717, 1.165) is 17.5 Å². The van der Waals surface area contributed by atoms with Crippen LogP contribution in [0.25, 0.3) is 0 Å². The summed E-state index contributed by atoms with van der Waals surface area (Å²) in [7, 11) is 0. The Morgan fingerprint density at radius 1 is 1.08 bits per heavy atom. The van der Waals surface area contributed by atoms with E-state index in [1.165, 1.54) is 0 Å². The number of amides is 2. The minimum atomic E-state index is -0.198. The quantitative estimate of drug-likeness (QED) is 0.686. The Kier molecular flexibility index (Phi) is 7.59. The second kappa shape index (κ2) is 9.96. The lowest BCUT2D eigenvalue weighted by Crippen LogP contribution is -2.38. The largest absolute Gasteiger partial charge is 0.396 e. The fourth-order valence-electron chi connectivity index (χ4n) is 2.56. The Bertz CT molecular complexity index is 634. The maximum Gasteiger partial charge on any atom is 0.314 e. The number of halogens is 1. The minimum Gasteiger partial charge on any atom is -0.396 e. The first-order valence-electron chi connectivity index (χ1n) is 8.11. The minimum absolute atomic E-state index is 0.0949. The van der Waals surface area contributed by atoms with Gasteiger partial charge in [-0.05, 0) is 36.1 Å². The molecule has 0 heterocycles. The van der Waals surface area contributed by atoms with Gasteiger partial charge in [-0.15, -0.1) is 0 Å². The summed E-state index contributed by atoms with van der Waals surface area (Å²) in [5.41, 5.74) is 2.20. The standard InChI is InChI=1S/C19H23ClN2O2/c20-18-8-4-5-15(13-18)9-11-21-19(24)22-14-17(10-12-23)16-6-2-1-3-7-16/h1-8,13,17,23H,9-12,14H2,(H2,21,22,24). The third-order valence-electron chi connectivity index (χ3n) is 3.85. The van der Waals surface area contributed by atoms with Gasteiger partial charge in [0, 0.05) is 30.6 Å². The molecule has 0 aromatic heterocycles. The van der Waals surface area contributed by atoms with Crippen LogP contribution < -0.4 is 10.6 Å². The van der Waals surface area contributed by atoms with Gasteiger partial charge in [-0.25, -0.2) is 4.79 Å². The van der Waals surface area contributed by atoms with E-state index in [-0.39, 0.29) is 18.6 Å². The predicted octanol–water partition coefficient (Wildman–Crippen LogP) is 3.35. The van der Waals surface area contributed by atoms with Crippen molar-refractivity contribution < 1.29 is 9.90 Å². The number of nitrogens with one attached hydrogen (secondary N) is 2. The van der Waals surface area contributed by atoms with Crippen LogP contribution >= 0.6 is 11.6 Å². The molecule has 2 amide bonds. The van der Waals surface area contributed by atoms with Gasteiger partial charge in [0.25, 0.3) is 0 Å². The second-order valence-electron chi connectivity index (χ2n) is 5.64. The molecule has 0 aliphatic heterocycles. The van der Waals surface area contributed by atoms with Crippen LogP contribution in [-0.4, -0.2) is 30.8 Å². The molecule has 0 bridgehead atoms. The van der Waals surface area contributed by atoms with Crippen LogP contribution in [0, 0.1) is 0 Å². The summed E-state index contributed by atoms with van der Waals surface area (Å²) in [6, 6.07) is 17.3. The summed E-state index contributed by atoms with van der Waals surface area (Å²) in [6.07, 6.45) is 1.35. The molecule has 3 N–H and O–H groups in total. The molecule has 0 saturated heterocycles. The first kappa shape index (κ1) is 18.3. The monoisotopic (exact) mass is 346 g/mol. The molecule has 0 aliphatic carbocycles. The van der Waals surface area contributed by atoms with Crippen LogP contribution in [0.3, 0.4) is 0 Å². The van der Waals surface area contributed by atoms with Crippen molar-refractivity contribution in [3.05, 3.63) is 70.7 Å². The maximum absolute atomic E-state index is 11.9. The van der Waals surface area contributed by atoms with Crippen molar-refractivity contribution in [1.82, 2.24) is 10.6 Å². The zero-order valence-electron chi connectivity index (χ0n) is 13.5. The van der Waals surface area contributed by atoms with Crippen molar-refractivity contribution in [1.29, 1.82) is 0 Å². The summed E-state index contributed by atoms with van der Waals surface area (Å²) in [5, 5.41) is 15.6. The molecule has 1 atom stereocenters. The average Bonchev–Trinajstić information content (AvgIpc) is 2.59. The molecule has 0 aliphatic rings. The summed E-state index contributed by atoms with van der Waals surface area (Å²) in [4.78, 5) is 11.9. The second-order valence-corrected chi connectivity index (χ2v) is 6.07. The van der Waals surface area contributed by atoms with Gasteiger partial charge in [-0.3, -0.25) is 0 Å². The Morgan fingerprint density at radius 3 is 2.58 bits per heavy atom. The maximum atomic E-state index is 11.9. The van der Waals surface area contributed by atoms with Crippen LogP contribution in [0.2, 0.25) is 5.02 Å². The predicted molar refractivity (Wildman–Crippen MR) is 97.4 cm³/mol. The molecule has 0 spiro atoms. The highest BCUT2D eigenvalue weighted by molar-refractivity contribution is 6.30. The Labute approximate surface area is 147 Å². The Hall–Kier alpha value is -2.04. The van der Waals surface area contributed by atoms with Crippen molar-refractivity contribution in [2.75, 3.05) is 19.7 Å². The number of rotatable bonds is 8. The first-order chi connectivity index (χ1) is 11.7. The third-order valence-corrected chi connectivity index (χ3v) is 4.08. The van der Waals surface area contributed by atoms with Gasteiger partial charge in [0.1, 0.15) is 0 Å². The van der Waals surface area contributed by atoms with E-state index in [4.69, 9.17) is 11.6 Å². The van der Waals surface area contributed by atoms with Gasteiger partial charge in [0.2, 0.25) is 0 Å². The summed E-state index contributed by atoms with van der Waals surface area (Å²) < 4.78 is 0. The Morgan fingerprint density at radius 2 is 1.88 bits per heavy atom. The molecule has 5 heteroatoms. The highest BCUT2D eigenvalue weighted by Gasteiger charge is 2.12. The summed E-state index contributed by atoms with van der Waals surface area (Å²) >= 11 is 5.94. The highest BCUT2D eigenvalue weighted by atomic mass is 35.5. The van der Waals surface area contributed by atoms with Gasteiger partial charge in [-0.2, -0.15) is 0 Å². The molecule has 128 valence electrons. The topological polar surface area (TPSA) is 61.4 Å². The summed E-state index contributed by atoms with van der Waals surface area (Å²) in [6.45, 7) is 1.13. The third kappa shape index (κ3) is 6.22. The SMILES string of the molecule is O=C(NCCc1cccc(Cl)c1)NCC(CCO)c1ccccc1. The number of aliphatic hydroxyl groups excluding tert-OH is 1. The van der Waals surface area contributed by atoms with Crippen molar-refractivity contribution in [2.45, 2.75) is 18.8 Å². The van der Waals surface area contributed by atoms with Crippen molar-refractivity contribution >= 4 is 17.6 Å². The van der Waals surface area contributed by atoms with Crippen molar-refractivity contribution in [3.8, 4) is 0 Å². The number of hydrogen-bond acceptors (Lipinski definition) is 2. The zero-order valence-corrected chi connectivity index (χ0v) is 14.3. The van der Waals surface area contributed by atoms with Crippen molar-refractivity contribution in [2.24, 2.45) is 0 Å². The lowest BCUT2D eigenvalue weighted by molar-refractivity contribution is 0.237. The van der Waals surface area contributed by atoms with E-state index in [1.807, 2.05) is 54.6 Å². The van der Waals surface area contributed by atoms with E-state index in [9.17, 15) is 9.90 Å². The lowest BCUT2D eigenvalue weighted by atomic mass is 9.96. The van der Waals surface area contributed by atoms with E-state index in [1.54, 1.807) is 0 Å². The number of aliphatic hydroxyl groups is 1. The fourth-order valence-corrected chi connectivity index (χ4v) is 2.77. The van der Waals surface area contributed by atoms with Gasteiger partial charge >= 0.3 is 6.03 Å². The normalized spacial score (nSPS) is 11.8.